The monoisotopic (exact) mass is 329 g/mol. The molecule has 2 aromatic heterocycles. The zero-order valence-corrected chi connectivity index (χ0v) is 14.2. The van der Waals surface area contributed by atoms with Gasteiger partial charge in [0.1, 0.15) is 5.82 Å². The molecule has 3 heterocycles. The van der Waals surface area contributed by atoms with E-state index in [1.165, 1.54) is 0 Å². The van der Waals surface area contributed by atoms with Crippen LogP contribution in [0, 0.1) is 12.8 Å². The van der Waals surface area contributed by atoms with E-state index in [0.717, 1.165) is 31.4 Å². The Morgan fingerprint density at radius 3 is 2.92 bits per heavy atom. The number of carbonyl (C=O) groups is 1. The van der Waals surface area contributed by atoms with Crippen LogP contribution in [0.5, 0.6) is 0 Å². The molecule has 7 nitrogen and oxygen atoms in total. The minimum absolute atomic E-state index is 0.0239. The molecule has 1 N–H and O–H groups in total. The van der Waals surface area contributed by atoms with Gasteiger partial charge in [-0.25, -0.2) is 4.98 Å². The standard InChI is InChI=1S/C17H23N5O2/c1-3-15-20-21-16(24-15)11-22-8-4-5-13(10-22)17(23)19-14-7-6-12(2)9-18-14/h6-7,9,13H,3-5,8,10-11H2,1-2H3,(H,18,19,23)/t13-/m1/s1. The van der Waals surface area contributed by atoms with Crippen LogP contribution in [0.2, 0.25) is 0 Å². The van der Waals surface area contributed by atoms with Gasteiger partial charge < -0.3 is 9.73 Å². The summed E-state index contributed by atoms with van der Waals surface area (Å²) in [4.78, 5) is 18.9. The molecule has 7 heteroatoms. The van der Waals surface area contributed by atoms with Crippen molar-refractivity contribution in [1.82, 2.24) is 20.1 Å². The molecule has 24 heavy (non-hydrogen) atoms. The van der Waals surface area contributed by atoms with E-state index in [0.29, 0.717) is 30.7 Å². The summed E-state index contributed by atoms with van der Waals surface area (Å²) in [6.07, 6.45) is 4.36. The summed E-state index contributed by atoms with van der Waals surface area (Å²) in [7, 11) is 0. The van der Waals surface area contributed by atoms with Crippen LogP contribution in [0.15, 0.2) is 22.7 Å². The molecular formula is C17H23N5O2. The second-order valence-corrected chi connectivity index (χ2v) is 6.23. The highest BCUT2D eigenvalue weighted by Gasteiger charge is 2.27. The van der Waals surface area contributed by atoms with Crippen LogP contribution in [0.1, 0.15) is 37.1 Å². The number of anilines is 1. The molecule has 3 rings (SSSR count). The first kappa shape index (κ1) is 16.6. The fraction of sp³-hybridized carbons (Fsp3) is 0.529. The Kier molecular flexibility index (Phi) is 5.20. The van der Waals surface area contributed by atoms with Crippen LogP contribution in [0.25, 0.3) is 0 Å². The minimum Gasteiger partial charge on any atom is -0.424 e. The van der Waals surface area contributed by atoms with Crippen LogP contribution in [0.3, 0.4) is 0 Å². The van der Waals surface area contributed by atoms with Gasteiger partial charge in [-0.2, -0.15) is 0 Å². The first-order valence-corrected chi connectivity index (χ1v) is 8.41. The van der Waals surface area contributed by atoms with Gasteiger partial charge in [-0.1, -0.05) is 13.0 Å². The average Bonchev–Trinajstić information content (AvgIpc) is 3.05. The molecular weight excluding hydrogens is 306 g/mol. The van der Waals surface area contributed by atoms with E-state index in [9.17, 15) is 4.79 Å². The molecule has 1 aliphatic rings. The summed E-state index contributed by atoms with van der Waals surface area (Å²) in [5, 5.41) is 11.0. The lowest BCUT2D eigenvalue weighted by atomic mass is 9.97. The summed E-state index contributed by atoms with van der Waals surface area (Å²) in [6, 6.07) is 3.77. The summed E-state index contributed by atoms with van der Waals surface area (Å²) in [5.41, 5.74) is 1.07. The third kappa shape index (κ3) is 4.17. The number of pyridine rings is 1. The molecule has 1 amide bonds. The third-order valence-corrected chi connectivity index (χ3v) is 4.21. The van der Waals surface area contributed by atoms with Gasteiger partial charge in [0.25, 0.3) is 0 Å². The van der Waals surface area contributed by atoms with Gasteiger partial charge in [-0.15, -0.1) is 10.2 Å². The van der Waals surface area contributed by atoms with Gasteiger partial charge in [0.15, 0.2) is 0 Å². The van der Waals surface area contributed by atoms with E-state index in [2.05, 4.69) is 25.4 Å². The number of nitrogens with zero attached hydrogens (tertiary/aromatic N) is 4. The van der Waals surface area contributed by atoms with Gasteiger partial charge in [-0.3, -0.25) is 9.69 Å². The lowest BCUT2D eigenvalue weighted by molar-refractivity contribution is -0.121. The molecule has 0 saturated carbocycles. The number of aryl methyl sites for hydroxylation is 2. The molecule has 0 unspecified atom stereocenters. The fourth-order valence-corrected chi connectivity index (χ4v) is 2.87. The van der Waals surface area contributed by atoms with Crippen molar-refractivity contribution >= 4 is 11.7 Å². The Morgan fingerprint density at radius 1 is 1.38 bits per heavy atom. The number of amides is 1. The molecule has 0 spiro atoms. The molecule has 0 radical (unpaired) electrons. The van der Waals surface area contributed by atoms with Crippen molar-refractivity contribution in [2.45, 2.75) is 39.7 Å². The lowest BCUT2D eigenvalue weighted by Crippen LogP contribution is -2.40. The Bertz CT molecular complexity index is 683. The van der Waals surface area contributed by atoms with E-state index >= 15 is 0 Å². The Morgan fingerprint density at radius 2 is 2.21 bits per heavy atom. The molecule has 0 bridgehead atoms. The van der Waals surface area contributed by atoms with Gasteiger partial charge in [-0.05, 0) is 37.9 Å². The normalized spacial score (nSPS) is 18.5. The molecule has 2 aromatic rings. The maximum atomic E-state index is 12.5. The van der Waals surface area contributed by atoms with Crippen molar-refractivity contribution < 1.29 is 9.21 Å². The first-order chi connectivity index (χ1) is 11.6. The number of rotatable bonds is 5. The van der Waals surface area contributed by atoms with E-state index in [4.69, 9.17) is 4.42 Å². The number of hydrogen-bond donors (Lipinski definition) is 1. The number of likely N-dealkylation sites (tertiary alicyclic amines) is 1. The smallest absolute Gasteiger partial charge is 0.230 e. The van der Waals surface area contributed by atoms with Gasteiger partial charge in [0.2, 0.25) is 17.7 Å². The van der Waals surface area contributed by atoms with Crippen molar-refractivity contribution in [3.8, 4) is 0 Å². The number of nitrogens with one attached hydrogen (secondary N) is 1. The average molecular weight is 329 g/mol. The second-order valence-electron chi connectivity index (χ2n) is 6.23. The van der Waals surface area contributed by atoms with Crippen molar-refractivity contribution in [2.75, 3.05) is 18.4 Å². The van der Waals surface area contributed by atoms with Crippen molar-refractivity contribution in [2.24, 2.45) is 5.92 Å². The fourth-order valence-electron chi connectivity index (χ4n) is 2.87. The number of piperidine rings is 1. The van der Waals surface area contributed by atoms with E-state index in [1.807, 2.05) is 26.0 Å². The number of carbonyl (C=O) groups excluding carboxylic acids is 1. The highest BCUT2D eigenvalue weighted by atomic mass is 16.4. The summed E-state index contributed by atoms with van der Waals surface area (Å²) in [5.74, 6) is 1.85. The molecule has 0 aliphatic carbocycles. The van der Waals surface area contributed by atoms with Crippen molar-refractivity contribution in [3.05, 3.63) is 35.7 Å². The van der Waals surface area contributed by atoms with Crippen LogP contribution >= 0.6 is 0 Å². The predicted octanol–water partition coefficient (Wildman–Crippen LogP) is 2.19. The molecule has 1 fully saturated rings. The topological polar surface area (TPSA) is 84.2 Å². The van der Waals surface area contributed by atoms with Crippen molar-refractivity contribution in [1.29, 1.82) is 0 Å². The second kappa shape index (κ2) is 7.53. The molecule has 1 atom stereocenters. The highest BCUT2D eigenvalue weighted by Crippen LogP contribution is 2.20. The number of hydrogen-bond acceptors (Lipinski definition) is 6. The van der Waals surface area contributed by atoms with Crippen LogP contribution in [-0.4, -0.2) is 39.1 Å². The van der Waals surface area contributed by atoms with E-state index in [1.54, 1.807) is 6.20 Å². The molecule has 1 aliphatic heterocycles. The van der Waals surface area contributed by atoms with Crippen LogP contribution < -0.4 is 5.32 Å². The van der Waals surface area contributed by atoms with Crippen LogP contribution in [0.4, 0.5) is 5.82 Å². The molecule has 128 valence electrons. The first-order valence-electron chi connectivity index (χ1n) is 8.41. The summed E-state index contributed by atoms with van der Waals surface area (Å²) in [6.45, 7) is 6.19. The molecule has 0 aromatic carbocycles. The lowest BCUT2D eigenvalue weighted by Gasteiger charge is -2.30. The Balaban J connectivity index is 1.56. The van der Waals surface area contributed by atoms with Gasteiger partial charge in [0.05, 0.1) is 12.5 Å². The zero-order chi connectivity index (χ0) is 16.9. The van der Waals surface area contributed by atoms with Gasteiger partial charge in [0, 0.05) is 19.2 Å². The maximum Gasteiger partial charge on any atom is 0.230 e. The zero-order valence-electron chi connectivity index (χ0n) is 14.2. The maximum absolute atomic E-state index is 12.5. The third-order valence-electron chi connectivity index (χ3n) is 4.21. The highest BCUT2D eigenvalue weighted by molar-refractivity contribution is 5.91. The Labute approximate surface area is 141 Å². The van der Waals surface area contributed by atoms with E-state index in [-0.39, 0.29) is 11.8 Å². The SMILES string of the molecule is CCc1nnc(CN2CCC[C@@H](C(=O)Nc3ccc(C)cn3)C2)o1. The van der Waals surface area contributed by atoms with Gasteiger partial charge >= 0.3 is 0 Å². The predicted molar refractivity (Wildman–Crippen MR) is 89.3 cm³/mol. The summed E-state index contributed by atoms with van der Waals surface area (Å²) >= 11 is 0. The van der Waals surface area contributed by atoms with E-state index < -0.39 is 0 Å². The minimum atomic E-state index is -0.0459. The van der Waals surface area contributed by atoms with Crippen LogP contribution in [-0.2, 0) is 17.8 Å². The molecule has 1 saturated heterocycles. The largest absolute Gasteiger partial charge is 0.424 e. The van der Waals surface area contributed by atoms with Crippen molar-refractivity contribution in [3.63, 3.8) is 0 Å². The summed E-state index contributed by atoms with van der Waals surface area (Å²) < 4.78 is 5.56. The quantitative estimate of drug-likeness (QED) is 0.905. The Hall–Kier alpha value is -2.28. The number of aromatic nitrogens is 3.